The summed E-state index contributed by atoms with van der Waals surface area (Å²) in [6.07, 6.45) is 2.69. The van der Waals surface area contributed by atoms with E-state index in [0.29, 0.717) is 19.6 Å². The molecule has 8 nitrogen and oxygen atoms in total. The highest BCUT2D eigenvalue weighted by atomic mass is 32.2. The lowest BCUT2D eigenvalue weighted by Gasteiger charge is -2.45. The van der Waals surface area contributed by atoms with Crippen LogP contribution in [0.3, 0.4) is 0 Å². The fourth-order valence-corrected chi connectivity index (χ4v) is 11.3. The summed E-state index contributed by atoms with van der Waals surface area (Å²) >= 11 is 0. The van der Waals surface area contributed by atoms with E-state index in [1.165, 1.54) is 15.3 Å². The van der Waals surface area contributed by atoms with E-state index in [-0.39, 0.29) is 22.7 Å². The highest BCUT2D eigenvalue weighted by Gasteiger charge is 2.51. The number of carbonyl (C=O) groups is 1. The topological polar surface area (TPSA) is 96.4 Å². The molecule has 0 spiro atoms. The van der Waals surface area contributed by atoms with Crippen LogP contribution < -0.4 is 10.4 Å². The third kappa shape index (κ3) is 8.64. The minimum atomic E-state index is -3.51. The fourth-order valence-electron chi connectivity index (χ4n) is 6.06. The number of nitrogens with zero attached hydrogens (tertiary/aromatic N) is 2. The number of benzene rings is 2. The van der Waals surface area contributed by atoms with E-state index in [1.54, 1.807) is 0 Å². The molecular weight excluding hydrogens is 557 g/mol. The van der Waals surface area contributed by atoms with Crippen molar-refractivity contribution in [3.8, 4) is 0 Å². The van der Waals surface area contributed by atoms with Crippen LogP contribution in [-0.4, -0.2) is 87.9 Å². The first-order chi connectivity index (χ1) is 19.0. The van der Waals surface area contributed by atoms with Gasteiger partial charge in [-0.25, -0.2) is 4.79 Å². The van der Waals surface area contributed by atoms with Gasteiger partial charge in [-0.1, -0.05) is 81.4 Å². The molecular formula is C31H48N2O6SSi. The van der Waals surface area contributed by atoms with E-state index >= 15 is 0 Å². The van der Waals surface area contributed by atoms with Crippen molar-refractivity contribution in [2.75, 3.05) is 32.5 Å². The minimum Gasteiger partial charge on any atom is -0.465 e. The second kappa shape index (κ2) is 13.4. The molecule has 2 saturated heterocycles. The Morgan fingerprint density at radius 3 is 1.78 bits per heavy atom. The predicted octanol–water partition coefficient (Wildman–Crippen LogP) is 4.54. The van der Waals surface area contributed by atoms with Gasteiger partial charge in [-0.3, -0.25) is 9.08 Å². The second-order valence-electron chi connectivity index (χ2n) is 13.1. The third-order valence-corrected chi connectivity index (χ3v) is 13.5. The molecule has 41 heavy (non-hydrogen) atoms. The van der Waals surface area contributed by atoms with Crippen LogP contribution >= 0.6 is 0 Å². The number of rotatable bonds is 7. The Labute approximate surface area is 247 Å². The van der Waals surface area contributed by atoms with Crippen molar-refractivity contribution in [1.29, 1.82) is 0 Å². The number of amides is 1. The van der Waals surface area contributed by atoms with E-state index in [1.807, 2.05) is 12.1 Å². The standard InChI is InChI=1S/C26H39NO4SSi.C5H9NO2/c1-25(2,3)27-19-22(31-32(7,28)29)18-21(27)20-30-33(26(4,5)6,23-14-10-8-11-15-23)24-16-12-9-13-17-24;7-5(8)6-3-1-2-4-6/h8-17,21-22H,18-20H2,1-7H3;1-4H2,(H,7,8)/t21-,22-;/m0./s1. The highest BCUT2D eigenvalue weighted by molar-refractivity contribution is 7.86. The normalized spacial score (nSPS) is 20.5. The summed E-state index contributed by atoms with van der Waals surface area (Å²) in [5.41, 5.74) is -0.130. The van der Waals surface area contributed by atoms with Crippen LogP contribution in [0.4, 0.5) is 4.79 Å². The molecule has 0 saturated carbocycles. The Bertz CT molecular complexity index is 1180. The molecule has 0 bridgehead atoms. The lowest BCUT2D eigenvalue weighted by molar-refractivity contribution is 0.0806. The van der Waals surface area contributed by atoms with Crippen molar-refractivity contribution in [2.45, 2.75) is 83.5 Å². The third-order valence-electron chi connectivity index (χ3n) is 7.83. The molecule has 4 rings (SSSR count). The van der Waals surface area contributed by atoms with Gasteiger partial charge in [0.2, 0.25) is 0 Å². The molecule has 0 unspecified atom stereocenters. The average Bonchev–Trinajstić information content (AvgIpc) is 3.55. The molecule has 2 atom stereocenters. The zero-order chi connectivity index (χ0) is 30.5. The molecule has 2 aromatic rings. The Morgan fingerprint density at radius 2 is 1.41 bits per heavy atom. The maximum absolute atomic E-state index is 11.8. The van der Waals surface area contributed by atoms with Gasteiger partial charge in [0.25, 0.3) is 18.4 Å². The molecule has 2 heterocycles. The van der Waals surface area contributed by atoms with E-state index in [4.69, 9.17) is 13.7 Å². The largest absolute Gasteiger partial charge is 0.465 e. The molecule has 2 fully saturated rings. The lowest BCUT2D eigenvalue weighted by atomic mass is 10.1. The van der Waals surface area contributed by atoms with Crippen molar-refractivity contribution in [1.82, 2.24) is 9.80 Å². The molecule has 2 aliphatic rings. The second-order valence-corrected chi connectivity index (χ2v) is 19.0. The number of hydrogen-bond donors (Lipinski definition) is 1. The summed E-state index contributed by atoms with van der Waals surface area (Å²) in [5, 5.41) is 10.7. The summed E-state index contributed by atoms with van der Waals surface area (Å²) < 4.78 is 36.2. The van der Waals surface area contributed by atoms with Crippen LogP contribution in [0.5, 0.6) is 0 Å². The van der Waals surface area contributed by atoms with Crippen molar-refractivity contribution < 1.29 is 26.9 Å². The minimum absolute atomic E-state index is 0.0680. The lowest BCUT2D eigenvalue weighted by Crippen LogP contribution is -2.67. The van der Waals surface area contributed by atoms with Gasteiger partial charge in [0, 0.05) is 31.2 Å². The van der Waals surface area contributed by atoms with Crippen LogP contribution in [-0.2, 0) is 18.7 Å². The maximum Gasteiger partial charge on any atom is 0.407 e. The fraction of sp³-hybridized carbons (Fsp3) is 0.581. The Morgan fingerprint density at radius 1 is 0.927 bits per heavy atom. The smallest absolute Gasteiger partial charge is 0.407 e. The Balaban J connectivity index is 0.000000496. The van der Waals surface area contributed by atoms with Gasteiger partial charge in [0.1, 0.15) is 0 Å². The molecule has 1 N–H and O–H groups in total. The Kier molecular flexibility index (Phi) is 10.9. The van der Waals surface area contributed by atoms with Gasteiger partial charge < -0.3 is 14.4 Å². The van der Waals surface area contributed by atoms with Crippen molar-refractivity contribution in [2.24, 2.45) is 0 Å². The first-order valence-electron chi connectivity index (χ1n) is 14.4. The van der Waals surface area contributed by atoms with Crippen LogP contribution in [0.15, 0.2) is 60.7 Å². The predicted molar refractivity (Wildman–Crippen MR) is 167 cm³/mol. The quantitative estimate of drug-likeness (QED) is 0.366. The molecule has 2 aliphatic heterocycles. The first-order valence-corrected chi connectivity index (χ1v) is 18.1. The number of likely N-dealkylation sites (tertiary alicyclic amines) is 2. The number of carboxylic acid groups (broad SMARTS) is 1. The van der Waals surface area contributed by atoms with Gasteiger partial charge in [0.15, 0.2) is 0 Å². The molecule has 10 heteroatoms. The molecule has 1 amide bonds. The molecule has 2 aromatic carbocycles. The van der Waals surface area contributed by atoms with Crippen molar-refractivity contribution in [3.63, 3.8) is 0 Å². The van der Waals surface area contributed by atoms with Crippen LogP contribution in [0.25, 0.3) is 0 Å². The molecule has 0 aromatic heterocycles. The SMILES string of the molecule is CC(C)(C)N1C[C@@H](OS(C)(=O)=O)C[C@H]1CO[Si](c1ccccc1)(c1ccccc1)C(C)(C)C.O=C(O)N1CCCC1. The zero-order valence-electron chi connectivity index (χ0n) is 25.7. The van der Waals surface area contributed by atoms with Crippen LogP contribution in [0.1, 0.15) is 60.8 Å². The van der Waals surface area contributed by atoms with E-state index in [9.17, 15) is 13.2 Å². The van der Waals surface area contributed by atoms with E-state index in [2.05, 4.69) is 95.0 Å². The Hall–Kier alpha value is -2.24. The number of hydrogen-bond acceptors (Lipinski definition) is 6. The first kappa shape index (κ1) is 33.3. The zero-order valence-corrected chi connectivity index (χ0v) is 27.5. The highest BCUT2D eigenvalue weighted by Crippen LogP contribution is 2.38. The van der Waals surface area contributed by atoms with Crippen LogP contribution in [0, 0.1) is 0 Å². The monoisotopic (exact) mass is 604 g/mol. The summed E-state index contributed by atoms with van der Waals surface area (Å²) in [4.78, 5) is 13.9. The van der Waals surface area contributed by atoms with Crippen molar-refractivity contribution >= 4 is 34.9 Å². The van der Waals surface area contributed by atoms with Gasteiger partial charge >= 0.3 is 6.09 Å². The van der Waals surface area contributed by atoms with Gasteiger partial charge in [-0.05, 0) is 55.4 Å². The molecule has 0 aliphatic carbocycles. The average molecular weight is 605 g/mol. The summed E-state index contributed by atoms with van der Waals surface area (Å²) in [6, 6.07) is 21.3. The molecule has 0 radical (unpaired) electrons. The van der Waals surface area contributed by atoms with Gasteiger partial charge in [0.05, 0.1) is 19.0 Å². The molecule has 228 valence electrons. The van der Waals surface area contributed by atoms with E-state index in [0.717, 1.165) is 32.2 Å². The summed E-state index contributed by atoms with van der Waals surface area (Å²) in [5.74, 6) is 0. The maximum atomic E-state index is 11.8. The van der Waals surface area contributed by atoms with Crippen LogP contribution in [0.2, 0.25) is 5.04 Å². The van der Waals surface area contributed by atoms with Gasteiger partial charge in [-0.15, -0.1) is 0 Å². The summed E-state index contributed by atoms with van der Waals surface area (Å²) in [6.45, 7) is 15.8. The van der Waals surface area contributed by atoms with Gasteiger partial charge in [-0.2, -0.15) is 8.42 Å². The summed E-state index contributed by atoms with van der Waals surface area (Å²) in [7, 11) is -6.17. The van der Waals surface area contributed by atoms with E-state index < -0.39 is 24.5 Å². The van der Waals surface area contributed by atoms with Crippen molar-refractivity contribution in [3.05, 3.63) is 60.7 Å².